The van der Waals surface area contributed by atoms with Gasteiger partial charge >= 0.3 is 0 Å². The zero-order valence-corrected chi connectivity index (χ0v) is 11.2. The molecule has 2 atom stereocenters. The number of amides is 2. The normalized spacial score (nSPS) is 27.9. The number of likely N-dealkylation sites (N-methyl/N-ethyl adjacent to an activating group) is 1. The minimum Gasteiger partial charge on any atom is -0.378 e. The van der Waals surface area contributed by atoms with Crippen LogP contribution in [0.15, 0.2) is 0 Å². The zero-order chi connectivity index (χ0) is 13.7. The fraction of sp³-hybridized carbons (Fsp3) is 0.833. The highest BCUT2D eigenvalue weighted by molar-refractivity contribution is 5.88. The maximum atomic E-state index is 12.3. The second-order valence-corrected chi connectivity index (χ2v) is 4.72. The molecule has 0 aromatic heterocycles. The molecule has 0 bridgehead atoms. The van der Waals surface area contributed by atoms with E-state index < -0.39 is 6.04 Å². The maximum Gasteiger partial charge on any atom is 0.244 e. The summed E-state index contributed by atoms with van der Waals surface area (Å²) < 4.78 is 10.6. The monoisotopic (exact) mass is 271 g/mol. The first-order valence-corrected chi connectivity index (χ1v) is 6.62. The van der Waals surface area contributed by atoms with Crippen LogP contribution in [0.25, 0.3) is 0 Å². The summed E-state index contributed by atoms with van der Waals surface area (Å²) in [6.07, 6.45) is 0.355. The second-order valence-electron chi connectivity index (χ2n) is 4.72. The maximum absolute atomic E-state index is 12.3. The number of nitrogens with one attached hydrogen (secondary N) is 2. The molecule has 108 valence electrons. The molecule has 7 heteroatoms. The molecule has 7 nitrogen and oxygen atoms in total. The Kier molecular flexibility index (Phi) is 5.12. The van der Waals surface area contributed by atoms with Crippen LogP contribution in [-0.2, 0) is 19.1 Å². The van der Waals surface area contributed by atoms with Gasteiger partial charge in [-0.3, -0.25) is 9.59 Å². The van der Waals surface area contributed by atoms with Gasteiger partial charge in [-0.1, -0.05) is 0 Å². The van der Waals surface area contributed by atoms with Gasteiger partial charge < -0.3 is 25.0 Å². The molecule has 0 radical (unpaired) electrons. The van der Waals surface area contributed by atoms with E-state index >= 15 is 0 Å². The summed E-state index contributed by atoms with van der Waals surface area (Å²) in [5.74, 6) is -0.208. The zero-order valence-electron chi connectivity index (χ0n) is 11.2. The molecule has 0 spiro atoms. The van der Waals surface area contributed by atoms with Crippen molar-refractivity contribution in [2.24, 2.45) is 0 Å². The lowest BCUT2D eigenvalue weighted by Crippen LogP contribution is -2.56. The van der Waals surface area contributed by atoms with Crippen LogP contribution in [0.4, 0.5) is 0 Å². The van der Waals surface area contributed by atoms with Gasteiger partial charge in [-0.15, -0.1) is 0 Å². The highest BCUT2D eigenvalue weighted by atomic mass is 16.5. The standard InChI is InChI=1S/C12H21N3O4/c1-13-12(17)10-8-19-5-3-15(10)11(16)6-9-7-18-4-2-14-9/h9-10,14H,2-8H2,1H3,(H,13,17). The van der Waals surface area contributed by atoms with Gasteiger partial charge in [0.25, 0.3) is 0 Å². The number of carbonyl (C=O) groups excluding carboxylic acids is 2. The summed E-state index contributed by atoms with van der Waals surface area (Å²) in [6.45, 7) is 3.20. The van der Waals surface area contributed by atoms with Gasteiger partial charge in [-0.25, -0.2) is 0 Å². The van der Waals surface area contributed by atoms with E-state index in [1.807, 2.05) is 0 Å². The summed E-state index contributed by atoms with van der Waals surface area (Å²) in [7, 11) is 1.57. The number of hydrogen-bond acceptors (Lipinski definition) is 5. The fourth-order valence-electron chi connectivity index (χ4n) is 2.36. The van der Waals surface area contributed by atoms with E-state index in [1.54, 1.807) is 11.9 Å². The van der Waals surface area contributed by atoms with Crippen LogP contribution in [0.1, 0.15) is 6.42 Å². The summed E-state index contributed by atoms with van der Waals surface area (Å²) in [6, 6.07) is -0.481. The van der Waals surface area contributed by atoms with Gasteiger partial charge in [0.2, 0.25) is 11.8 Å². The average Bonchev–Trinajstić information content (AvgIpc) is 2.47. The van der Waals surface area contributed by atoms with Gasteiger partial charge in [-0.05, 0) is 0 Å². The van der Waals surface area contributed by atoms with Gasteiger partial charge in [-0.2, -0.15) is 0 Å². The third-order valence-electron chi connectivity index (χ3n) is 3.42. The van der Waals surface area contributed by atoms with E-state index in [-0.39, 0.29) is 24.5 Å². The van der Waals surface area contributed by atoms with Crippen LogP contribution in [0.5, 0.6) is 0 Å². The number of hydrogen-bond donors (Lipinski definition) is 2. The first-order valence-electron chi connectivity index (χ1n) is 6.62. The smallest absolute Gasteiger partial charge is 0.244 e. The van der Waals surface area contributed by atoms with E-state index in [0.29, 0.717) is 32.8 Å². The molecule has 0 aliphatic carbocycles. The first kappa shape index (κ1) is 14.2. The van der Waals surface area contributed by atoms with Crippen molar-refractivity contribution >= 4 is 11.8 Å². The molecule has 2 aliphatic rings. The summed E-state index contributed by atoms with van der Waals surface area (Å²) >= 11 is 0. The SMILES string of the molecule is CNC(=O)C1COCCN1C(=O)CC1COCCN1. The molecule has 2 fully saturated rings. The molecule has 2 saturated heterocycles. The molecule has 0 saturated carbocycles. The third-order valence-corrected chi connectivity index (χ3v) is 3.42. The predicted octanol–water partition coefficient (Wildman–Crippen LogP) is -1.66. The van der Waals surface area contributed by atoms with E-state index in [2.05, 4.69) is 10.6 Å². The largest absolute Gasteiger partial charge is 0.378 e. The lowest BCUT2D eigenvalue weighted by molar-refractivity contribution is -0.149. The quantitative estimate of drug-likeness (QED) is 0.642. The molecule has 2 amide bonds. The van der Waals surface area contributed by atoms with E-state index in [1.165, 1.54) is 0 Å². The van der Waals surface area contributed by atoms with E-state index in [4.69, 9.17) is 9.47 Å². The van der Waals surface area contributed by atoms with Crippen LogP contribution < -0.4 is 10.6 Å². The molecule has 2 heterocycles. The van der Waals surface area contributed by atoms with Gasteiger partial charge in [0, 0.05) is 32.6 Å². The highest BCUT2D eigenvalue weighted by Gasteiger charge is 2.33. The molecule has 2 aliphatic heterocycles. The first-order chi connectivity index (χ1) is 9.22. The van der Waals surface area contributed by atoms with E-state index in [0.717, 1.165) is 6.54 Å². The highest BCUT2D eigenvalue weighted by Crippen LogP contribution is 2.11. The fourth-order valence-corrected chi connectivity index (χ4v) is 2.36. The molecule has 0 aromatic carbocycles. The Hall–Kier alpha value is -1.18. The van der Waals surface area contributed by atoms with Crippen LogP contribution in [0.2, 0.25) is 0 Å². The molecule has 2 N–H and O–H groups in total. The summed E-state index contributed by atoms with van der Waals surface area (Å²) in [5, 5.41) is 5.81. The predicted molar refractivity (Wildman–Crippen MR) is 67.6 cm³/mol. The average molecular weight is 271 g/mol. The van der Waals surface area contributed by atoms with Crippen LogP contribution in [-0.4, -0.2) is 75.4 Å². The second kappa shape index (κ2) is 6.83. The van der Waals surface area contributed by atoms with E-state index in [9.17, 15) is 9.59 Å². The summed E-state index contributed by atoms with van der Waals surface area (Å²) in [4.78, 5) is 25.7. The van der Waals surface area contributed by atoms with Crippen molar-refractivity contribution in [2.75, 3.05) is 46.6 Å². The number of rotatable bonds is 3. The van der Waals surface area contributed by atoms with Crippen molar-refractivity contribution in [3.8, 4) is 0 Å². The number of carbonyl (C=O) groups is 2. The van der Waals surface area contributed by atoms with Crippen molar-refractivity contribution in [3.63, 3.8) is 0 Å². The molecule has 2 unspecified atom stereocenters. The minimum absolute atomic E-state index is 0.0279. The topological polar surface area (TPSA) is 79.9 Å². The van der Waals surface area contributed by atoms with Gasteiger partial charge in [0.1, 0.15) is 6.04 Å². The molecule has 0 aromatic rings. The Morgan fingerprint density at radius 3 is 2.79 bits per heavy atom. The lowest BCUT2D eigenvalue weighted by atomic mass is 10.1. The Bertz CT molecular complexity index is 331. The van der Waals surface area contributed by atoms with Crippen LogP contribution >= 0.6 is 0 Å². The van der Waals surface area contributed by atoms with Crippen molar-refractivity contribution in [1.29, 1.82) is 0 Å². The van der Waals surface area contributed by atoms with Gasteiger partial charge in [0.15, 0.2) is 0 Å². The van der Waals surface area contributed by atoms with Crippen molar-refractivity contribution in [3.05, 3.63) is 0 Å². The molecular weight excluding hydrogens is 250 g/mol. The number of morpholine rings is 2. The minimum atomic E-state index is -0.518. The Balaban J connectivity index is 1.92. The third kappa shape index (κ3) is 3.65. The van der Waals surface area contributed by atoms with Crippen LogP contribution in [0.3, 0.4) is 0 Å². The van der Waals surface area contributed by atoms with Crippen molar-refractivity contribution in [1.82, 2.24) is 15.5 Å². The van der Waals surface area contributed by atoms with Crippen LogP contribution in [0, 0.1) is 0 Å². The lowest BCUT2D eigenvalue weighted by Gasteiger charge is -2.35. The van der Waals surface area contributed by atoms with Gasteiger partial charge in [0.05, 0.1) is 26.4 Å². The Labute approximate surface area is 112 Å². The number of ether oxygens (including phenoxy) is 2. The Morgan fingerprint density at radius 1 is 1.32 bits per heavy atom. The molecular formula is C12H21N3O4. The Morgan fingerprint density at radius 2 is 2.11 bits per heavy atom. The molecule has 2 rings (SSSR count). The van der Waals surface area contributed by atoms with Crippen molar-refractivity contribution < 1.29 is 19.1 Å². The molecule has 19 heavy (non-hydrogen) atoms. The van der Waals surface area contributed by atoms with Crippen molar-refractivity contribution in [2.45, 2.75) is 18.5 Å². The summed E-state index contributed by atoms with van der Waals surface area (Å²) in [5.41, 5.74) is 0. The number of nitrogens with zero attached hydrogens (tertiary/aromatic N) is 1.